The molecule has 6 rings (SSSR count). The maximum atomic E-state index is 13.4. The monoisotopic (exact) mass is 729 g/mol. The van der Waals surface area contributed by atoms with Crippen LogP contribution in [0.25, 0.3) is 0 Å². The smallest absolute Gasteiger partial charge is 0.353 e. The van der Waals surface area contributed by atoms with Crippen molar-refractivity contribution in [1.29, 1.82) is 0 Å². The molecule has 49 heavy (non-hydrogen) atoms. The molecule has 3 saturated heterocycles. The number of hydrogen-bond acceptors (Lipinski definition) is 10. The van der Waals surface area contributed by atoms with Gasteiger partial charge in [-0.05, 0) is 38.8 Å². The third-order valence-corrected chi connectivity index (χ3v) is 17.5. The van der Waals surface area contributed by atoms with Crippen molar-refractivity contribution in [2.75, 3.05) is 26.9 Å². The van der Waals surface area contributed by atoms with Crippen molar-refractivity contribution < 1.29 is 32.1 Å². The van der Waals surface area contributed by atoms with Gasteiger partial charge in [0.15, 0.2) is 6.23 Å². The lowest BCUT2D eigenvalue weighted by molar-refractivity contribution is -0.0478. The van der Waals surface area contributed by atoms with E-state index in [4.69, 9.17) is 27.6 Å². The summed E-state index contributed by atoms with van der Waals surface area (Å²) in [7, 11) is -5.85. The molecular formula is C34H45N3O9P2Si. The van der Waals surface area contributed by atoms with Gasteiger partial charge in [0.05, 0.1) is 19.3 Å². The first-order valence-corrected chi connectivity index (χ1v) is 22.2. The number of H-pyrrole nitrogens is 1. The Morgan fingerprint density at radius 1 is 1.00 bits per heavy atom. The van der Waals surface area contributed by atoms with Crippen molar-refractivity contribution in [1.82, 2.24) is 14.2 Å². The molecule has 0 saturated carbocycles. The van der Waals surface area contributed by atoms with E-state index in [9.17, 15) is 14.2 Å². The van der Waals surface area contributed by atoms with E-state index in [0.717, 1.165) is 25.4 Å². The molecule has 0 spiro atoms. The lowest BCUT2D eigenvalue weighted by atomic mass is 10.1. The molecule has 3 aromatic rings. The topological polar surface area (TPSA) is 131 Å². The largest absolute Gasteiger partial charge is 0.374 e. The molecule has 7 atom stereocenters. The first-order valence-electron chi connectivity index (χ1n) is 16.8. The molecule has 4 heterocycles. The minimum Gasteiger partial charge on any atom is -0.374 e. The van der Waals surface area contributed by atoms with Crippen LogP contribution in [-0.4, -0.2) is 79.6 Å². The zero-order valence-corrected chi connectivity index (χ0v) is 31.0. The highest BCUT2D eigenvalue weighted by Gasteiger charge is 2.54. The highest BCUT2D eigenvalue weighted by atomic mass is 31.2. The van der Waals surface area contributed by atoms with Crippen LogP contribution in [-0.2, 0) is 32.1 Å². The molecule has 2 aromatic carbocycles. The molecule has 0 aliphatic carbocycles. The van der Waals surface area contributed by atoms with Crippen LogP contribution in [0.3, 0.4) is 0 Å². The van der Waals surface area contributed by atoms with Crippen molar-refractivity contribution in [3.8, 4) is 0 Å². The summed E-state index contributed by atoms with van der Waals surface area (Å²) in [4.78, 5) is 27.0. The Balaban J connectivity index is 1.31. The molecule has 12 nitrogen and oxygen atoms in total. The molecule has 15 heteroatoms. The van der Waals surface area contributed by atoms with E-state index in [-0.39, 0.29) is 25.4 Å². The van der Waals surface area contributed by atoms with Crippen LogP contribution in [0.4, 0.5) is 0 Å². The van der Waals surface area contributed by atoms with Gasteiger partial charge >= 0.3 is 13.3 Å². The zero-order valence-electron chi connectivity index (χ0n) is 28.3. The number of aromatic amines is 1. The van der Waals surface area contributed by atoms with Crippen LogP contribution < -0.4 is 21.6 Å². The van der Waals surface area contributed by atoms with Gasteiger partial charge in [-0.25, -0.2) is 9.46 Å². The van der Waals surface area contributed by atoms with E-state index in [1.54, 1.807) is 19.9 Å². The van der Waals surface area contributed by atoms with Crippen LogP contribution in [0, 0.1) is 0 Å². The Hall–Kier alpha value is -2.54. The third-order valence-electron chi connectivity index (χ3n) is 9.48. The molecule has 0 radical (unpaired) electrons. The summed E-state index contributed by atoms with van der Waals surface area (Å²) in [6.45, 7) is 7.10. The molecule has 1 aromatic heterocycles. The van der Waals surface area contributed by atoms with E-state index in [1.165, 1.54) is 40.1 Å². The first kappa shape index (κ1) is 36.3. The van der Waals surface area contributed by atoms with Crippen molar-refractivity contribution in [2.45, 2.75) is 76.0 Å². The number of methoxy groups -OCH3 is 1. The molecule has 0 bridgehead atoms. The van der Waals surface area contributed by atoms with Gasteiger partial charge in [0.25, 0.3) is 14.1 Å². The lowest BCUT2D eigenvalue weighted by Gasteiger charge is -2.32. The summed E-state index contributed by atoms with van der Waals surface area (Å²) in [5, 5.41) is 2.70. The minimum atomic E-state index is -3.58. The van der Waals surface area contributed by atoms with Crippen molar-refractivity contribution in [3.05, 3.63) is 106 Å². The first-order chi connectivity index (χ1) is 23.7. The Kier molecular flexibility index (Phi) is 11.7. The minimum absolute atomic E-state index is 0.0586. The standard InChI is InChI=1S/C34H45N3O9P2Si/c1-5-42-48(40,43-6-2)23-20-28-31(32(41-3)33(44-28)36-22-19-30(38)35-34(36)39)46-47-37-21-13-18-27(37)29(45-47)24-49(4,25-14-9-7-10-15-25)26-16-11-8-12-17-26/h7-12,14-17,19-20,22-23,27-29,31-33H,5-6,13,18,21,24H2,1-4H3,(H,35,38,39)/b23-20+/t27-,28-,29+,31?,32?,33-,47-/m1/s1. The number of fused-ring (bicyclic) bond motifs is 1. The van der Waals surface area contributed by atoms with Crippen molar-refractivity contribution >= 4 is 34.6 Å². The number of benzene rings is 2. The lowest BCUT2D eigenvalue weighted by Crippen LogP contribution is -2.58. The number of nitrogens with zero attached hydrogens (tertiary/aromatic N) is 2. The highest BCUT2D eigenvalue weighted by Crippen LogP contribution is 2.59. The second-order valence-electron chi connectivity index (χ2n) is 12.5. The third kappa shape index (κ3) is 7.72. The number of aromatic nitrogens is 2. The maximum absolute atomic E-state index is 13.4. The van der Waals surface area contributed by atoms with Crippen LogP contribution in [0.1, 0.15) is 32.9 Å². The number of hydrogen-bond donors (Lipinski definition) is 1. The van der Waals surface area contributed by atoms with Gasteiger partial charge in [-0.1, -0.05) is 77.6 Å². The summed E-state index contributed by atoms with van der Waals surface area (Å²) in [5.41, 5.74) is -1.17. The van der Waals surface area contributed by atoms with Gasteiger partial charge in [0.1, 0.15) is 26.4 Å². The highest BCUT2D eigenvalue weighted by molar-refractivity contribution is 7.57. The van der Waals surface area contributed by atoms with Gasteiger partial charge in [-0.2, -0.15) is 0 Å². The summed E-state index contributed by atoms with van der Waals surface area (Å²) >= 11 is 0. The van der Waals surface area contributed by atoms with E-state index in [1.807, 2.05) is 0 Å². The van der Waals surface area contributed by atoms with Gasteiger partial charge in [0.2, 0.25) is 0 Å². The summed E-state index contributed by atoms with van der Waals surface area (Å²) in [6.07, 6.45) is 1.62. The fourth-order valence-electron chi connectivity index (χ4n) is 7.10. The summed E-state index contributed by atoms with van der Waals surface area (Å²) in [5.74, 6) is 1.38. The maximum Gasteiger partial charge on any atom is 0.353 e. The van der Waals surface area contributed by atoms with Crippen LogP contribution in [0.2, 0.25) is 12.6 Å². The average Bonchev–Trinajstić information content (AvgIpc) is 3.80. The average molecular weight is 730 g/mol. The zero-order chi connectivity index (χ0) is 34.6. The van der Waals surface area contributed by atoms with Gasteiger partial charge in [-0.15, -0.1) is 0 Å². The molecular weight excluding hydrogens is 684 g/mol. The van der Waals surface area contributed by atoms with E-state index >= 15 is 0 Å². The normalized spacial score (nSPS) is 27.6. The van der Waals surface area contributed by atoms with Gasteiger partial charge in [-0.3, -0.25) is 18.9 Å². The Morgan fingerprint density at radius 3 is 2.24 bits per heavy atom. The number of rotatable bonds is 14. The summed E-state index contributed by atoms with van der Waals surface area (Å²) in [6, 6.07) is 23.8. The van der Waals surface area contributed by atoms with Crippen LogP contribution >= 0.6 is 16.1 Å². The quantitative estimate of drug-likeness (QED) is 0.186. The fraction of sp³-hybridized carbons (Fsp3) is 0.471. The van der Waals surface area contributed by atoms with Crippen LogP contribution in [0.5, 0.6) is 0 Å². The van der Waals surface area contributed by atoms with Crippen LogP contribution in [0.15, 0.2) is 94.4 Å². The molecule has 3 aliphatic heterocycles. The van der Waals surface area contributed by atoms with E-state index < -0.39 is 60.0 Å². The second-order valence-corrected chi connectivity index (χ2v) is 20.1. The molecule has 0 amide bonds. The molecule has 2 unspecified atom stereocenters. The predicted molar refractivity (Wildman–Crippen MR) is 191 cm³/mol. The Labute approximate surface area is 288 Å². The van der Waals surface area contributed by atoms with Crippen molar-refractivity contribution in [3.63, 3.8) is 0 Å². The predicted octanol–water partition coefficient (Wildman–Crippen LogP) is 4.60. The Bertz CT molecular complexity index is 1690. The molecule has 1 N–H and O–H groups in total. The number of nitrogens with one attached hydrogen (secondary N) is 1. The Morgan fingerprint density at radius 2 is 1.65 bits per heavy atom. The number of ether oxygens (including phenoxy) is 2. The second kappa shape index (κ2) is 15.8. The van der Waals surface area contributed by atoms with Gasteiger partial charge in [0, 0.05) is 37.8 Å². The van der Waals surface area contributed by atoms with E-state index in [0.29, 0.717) is 0 Å². The fourth-order valence-corrected chi connectivity index (χ4v) is 14.4. The molecule has 3 fully saturated rings. The summed E-state index contributed by atoms with van der Waals surface area (Å²) < 4.78 is 54.1. The SMILES string of the molecule is CCOP(=O)(/C=C/[C@H]1O[C@@H](n2ccc(=O)[nH]c2=O)C(OC)C1O[P@@]1O[C@@H](C[Si](C)(c2ccccc2)c2ccccc2)[C@H]2CCCN21)OCC. The van der Waals surface area contributed by atoms with Crippen molar-refractivity contribution in [2.24, 2.45) is 0 Å². The van der Waals surface area contributed by atoms with E-state index in [2.05, 4.69) is 76.9 Å². The molecule has 264 valence electrons. The van der Waals surface area contributed by atoms with Gasteiger partial charge < -0.3 is 27.6 Å². The molecule has 3 aliphatic rings.